The molecule has 33 heavy (non-hydrogen) atoms. The average Bonchev–Trinajstić information content (AvgIpc) is 2.80. The summed E-state index contributed by atoms with van der Waals surface area (Å²) >= 11 is 15.3. The number of hydrogen-bond donors (Lipinski definition) is 2. The molecule has 3 aromatic carbocycles. The molecule has 0 aliphatic carbocycles. The molecular weight excluding hydrogens is 474 g/mol. The zero-order chi connectivity index (χ0) is 24.2. The molecule has 0 atom stereocenters. The van der Waals surface area contributed by atoms with Gasteiger partial charge in [0, 0.05) is 0 Å². The van der Waals surface area contributed by atoms with Crippen molar-refractivity contribution in [3.63, 3.8) is 0 Å². The number of nitrogens with two attached hydrogens (primary N) is 2. The van der Waals surface area contributed by atoms with E-state index in [1.54, 1.807) is 9.80 Å². The third-order valence-electron chi connectivity index (χ3n) is 5.18. The summed E-state index contributed by atoms with van der Waals surface area (Å²) in [4.78, 5) is 12.5. The van der Waals surface area contributed by atoms with E-state index in [0.29, 0.717) is 23.3 Å². The molecule has 0 fully saturated rings. The standard InChI is InChI=1S/C24H29Cl2N6P/c1-31(2)23(27)29-18-10-8-14-21(16-18)33(25,26,20-12-6-5-7-13-20)22-15-9-11-19(17-22)30-24(28)32(3)4/h5-17H,1-4H3,(H2,27,29)(H2,28,30). The molecule has 174 valence electrons. The predicted octanol–water partition coefficient (Wildman–Crippen LogP) is 3.84. The van der Waals surface area contributed by atoms with Gasteiger partial charge in [-0.15, -0.1) is 0 Å². The van der Waals surface area contributed by atoms with Crippen molar-refractivity contribution in [2.24, 2.45) is 21.5 Å². The van der Waals surface area contributed by atoms with Crippen molar-refractivity contribution in [3.05, 3.63) is 78.9 Å². The number of rotatable bonds is 5. The Morgan fingerprint density at radius 3 is 1.42 bits per heavy atom. The monoisotopic (exact) mass is 502 g/mol. The Kier molecular flexibility index (Phi) is 7.23. The van der Waals surface area contributed by atoms with Gasteiger partial charge in [-0.2, -0.15) is 0 Å². The van der Waals surface area contributed by atoms with E-state index in [1.807, 2.05) is 107 Å². The van der Waals surface area contributed by atoms with Gasteiger partial charge in [-0.05, 0) is 0 Å². The van der Waals surface area contributed by atoms with E-state index in [9.17, 15) is 0 Å². The van der Waals surface area contributed by atoms with Crippen LogP contribution in [0.2, 0.25) is 0 Å². The molecule has 4 N–H and O–H groups in total. The molecule has 0 aliphatic rings. The SMILES string of the molecule is CN(C)C(N)=Nc1cccc(P(Cl)(Cl)(c2ccccc2)c2cccc(N=C(N)N(C)C)c2)c1. The summed E-state index contributed by atoms with van der Waals surface area (Å²) < 4.78 is 0. The number of aliphatic imine (C=N–C) groups is 2. The van der Waals surface area contributed by atoms with E-state index in [0.717, 1.165) is 15.9 Å². The Bertz CT molecular complexity index is 1120. The molecule has 0 aliphatic heterocycles. The van der Waals surface area contributed by atoms with E-state index < -0.39 is 5.31 Å². The molecule has 3 aromatic rings. The first-order valence-electron chi connectivity index (χ1n) is 10.3. The second-order valence-electron chi connectivity index (χ2n) is 8.01. The van der Waals surface area contributed by atoms with Gasteiger partial charge in [-0.3, -0.25) is 0 Å². The van der Waals surface area contributed by atoms with Crippen LogP contribution < -0.4 is 27.4 Å². The molecule has 0 radical (unpaired) electrons. The molecule has 0 spiro atoms. The molecule has 0 saturated heterocycles. The van der Waals surface area contributed by atoms with Crippen molar-refractivity contribution in [2.45, 2.75) is 0 Å². The van der Waals surface area contributed by atoms with Crippen molar-refractivity contribution in [1.29, 1.82) is 0 Å². The zero-order valence-corrected chi connectivity index (χ0v) is 21.6. The molecule has 0 unspecified atom stereocenters. The average molecular weight is 503 g/mol. The van der Waals surface area contributed by atoms with Crippen molar-refractivity contribution >= 4 is 67.0 Å². The van der Waals surface area contributed by atoms with Gasteiger partial charge in [0.2, 0.25) is 0 Å². The maximum atomic E-state index is 7.63. The Balaban J connectivity index is 2.28. The first-order valence-corrected chi connectivity index (χ1v) is 14.3. The minimum atomic E-state index is -3.91. The molecule has 6 nitrogen and oxygen atoms in total. The summed E-state index contributed by atoms with van der Waals surface area (Å²) in [5, 5.41) is -1.59. The summed E-state index contributed by atoms with van der Waals surface area (Å²) in [7, 11) is 7.34. The van der Waals surface area contributed by atoms with Gasteiger partial charge in [0.05, 0.1) is 0 Å². The summed E-state index contributed by atoms with van der Waals surface area (Å²) in [6.45, 7) is 0. The van der Waals surface area contributed by atoms with Gasteiger partial charge in [0.15, 0.2) is 0 Å². The fourth-order valence-electron chi connectivity index (χ4n) is 3.22. The third-order valence-corrected chi connectivity index (χ3v) is 12.3. The van der Waals surface area contributed by atoms with Crippen LogP contribution in [-0.4, -0.2) is 49.9 Å². The predicted molar refractivity (Wildman–Crippen MR) is 147 cm³/mol. The van der Waals surface area contributed by atoms with Crippen LogP contribution in [0.4, 0.5) is 11.4 Å². The number of nitrogens with zero attached hydrogens (tertiary/aromatic N) is 4. The zero-order valence-electron chi connectivity index (χ0n) is 19.2. The second kappa shape index (κ2) is 9.60. The van der Waals surface area contributed by atoms with Gasteiger partial charge in [-0.1, -0.05) is 0 Å². The Labute approximate surface area is 205 Å². The van der Waals surface area contributed by atoms with Gasteiger partial charge >= 0.3 is 205 Å². The van der Waals surface area contributed by atoms with Gasteiger partial charge in [0.25, 0.3) is 0 Å². The van der Waals surface area contributed by atoms with Crippen LogP contribution in [0.25, 0.3) is 0 Å². The fraction of sp³-hybridized carbons (Fsp3) is 0.167. The quantitative estimate of drug-likeness (QED) is 0.315. The minimum absolute atomic E-state index is 0.381. The van der Waals surface area contributed by atoms with Crippen molar-refractivity contribution in [1.82, 2.24) is 9.80 Å². The molecular formula is C24H29Cl2N6P. The number of halogens is 2. The van der Waals surface area contributed by atoms with E-state index in [-0.39, 0.29) is 0 Å². The fourth-order valence-corrected chi connectivity index (χ4v) is 8.16. The first kappa shape index (κ1) is 24.8. The summed E-state index contributed by atoms with van der Waals surface area (Å²) in [5.74, 6) is 0.763. The Hall–Kier alpha value is -2.79. The molecule has 0 aromatic heterocycles. The van der Waals surface area contributed by atoms with Crippen LogP contribution in [0.5, 0.6) is 0 Å². The van der Waals surface area contributed by atoms with Gasteiger partial charge in [0.1, 0.15) is 0 Å². The summed E-state index contributed by atoms with van der Waals surface area (Å²) in [5.41, 5.74) is 13.4. The molecule has 0 heterocycles. The Morgan fingerprint density at radius 2 is 1.03 bits per heavy atom. The second-order valence-corrected chi connectivity index (χ2v) is 15.9. The first-order chi connectivity index (χ1) is 15.5. The molecule has 9 heteroatoms. The number of hydrogen-bond acceptors (Lipinski definition) is 2. The normalized spacial score (nSPS) is 13.8. The van der Waals surface area contributed by atoms with Gasteiger partial charge in [-0.25, -0.2) is 0 Å². The van der Waals surface area contributed by atoms with Crippen LogP contribution in [0.1, 0.15) is 0 Å². The van der Waals surface area contributed by atoms with Gasteiger partial charge < -0.3 is 0 Å². The molecule has 0 saturated carbocycles. The molecule has 0 bridgehead atoms. The maximum absolute atomic E-state index is 7.63. The van der Waals surface area contributed by atoms with Crippen LogP contribution in [-0.2, 0) is 0 Å². The Morgan fingerprint density at radius 1 is 0.636 bits per heavy atom. The van der Waals surface area contributed by atoms with Crippen LogP contribution in [0.3, 0.4) is 0 Å². The van der Waals surface area contributed by atoms with E-state index >= 15 is 0 Å². The topological polar surface area (TPSA) is 83.2 Å². The van der Waals surface area contributed by atoms with Crippen molar-refractivity contribution in [2.75, 3.05) is 28.2 Å². The summed E-state index contributed by atoms with van der Waals surface area (Å²) in [6, 6.07) is 24.9. The molecule has 3 rings (SSSR count). The number of guanidine groups is 2. The van der Waals surface area contributed by atoms with E-state index in [2.05, 4.69) is 9.98 Å². The third kappa shape index (κ3) is 5.09. The molecule has 0 amide bonds. The van der Waals surface area contributed by atoms with Crippen molar-refractivity contribution in [3.8, 4) is 0 Å². The van der Waals surface area contributed by atoms with Crippen LogP contribution in [0.15, 0.2) is 88.8 Å². The van der Waals surface area contributed by atoms with Crippen LogP contribution >= 0.6 is 27.8 Å². The van der Waals surface area contributed by atoms with Crippen LogP contribution in [0, 0.1) is 0 Å². The van der Waals surface area contributed by atoms with E-state index in [1.165, 1.54) is 0 Å². The van der Waals surface area contributed by atoms with E-state index in [4.69, 9.17) is 33.9 Å². The van der Waals surface area contributed by atoms with Crippen molar-refractivity contribution < 1.29 is 0 Å². The number of benzene rings is 3. The summed E-state index contributed by atoms with van der Waals surface area (Å²) in [6.07, 6.45) is 0.